The third-order valence-electron chi connectivity index (χ3n) is 4.13. The maximum absolute atomic E-state index is 13.3. The summed E-state index contributed by atoms with van der Waals surface area (Å²) in [6, 6.07) is 2.42. The summed E-state index contributed by atoms with van der Waals surface area (Å²) in [5, 5.41) is 0. The standard InChI is InChI=1S/C14H19FN2O2S/c1-8-6-11(15)12(16)7-13(8)20(18,19)17-14(9-2-3-9)10-4-5-10/h6-7,9-10,14,17H,2-5,16H2,1H3. The van der Waals surface area contributed by atoms with E-state index < -0.39 is 15.8 Å². The van der Waals surface area contributed by atoms with Crippen LogP contribution in [0.1, 0.15) is 31.2 Å². The van der Waals surface area contributed by atoms with E-state index in [2.05, 4.69) is 4.72 Å². The van der Waals surface area contributed by atoms with Crippen LogP contribution < -0.4 is 10.5 Å². The molecule has 6 heteroatoms. The third-order valence-corrected chi connectivity index (χ3v) is 5.74. The second-order valence-corrected chi connectivity index (χ2v) is 7.64. The van der Waals surface area contributed by atoms with Crippen molar-refractivity contribution in [2.45, 2.75) is 43.5 Å². The van der Waals surface area contributed by atoms with Crippen molar-refractivity contribution in [2.75, 3.05) is 5.73 Å². The van der Waals surface area contributed by atoms with E-state index in [4.69, 9.17) is 5.73 Å². The molecule has 2 aliphatic carbocycles. The highest BCUT2D eigenvalue weighted by molar-refractivity contribution is 7.89. The number of benzene rings is 1. The Labute approximate surface area is 118 Å². The van der Waals surface area contributed by atoms with Gasteiger partial charge in [-0.2, -0.15) is 0 Å². The zero-order valence-corrected chi connectivity index (χ0v) is 12.2. The first-order chi connectivity index (χ1) is 9.38. The van der Waals surface area contributed by atoms with E-state index in [0.29, 0.717) is 17.4 Å². The fourth-order valence-electron chi connectivity index (χ4n) is 2.69. The minimum Gasteiger partial charge on any atom is -0.396 e. The number of hydrogen-bond donors (Lipinski definition) is 2. The lowest BCUT2D eigenvalue weighted by Crippen LogP contribution is -2.38. The lowest BCUT2D eigenvalue weighted by molar-refractivity contribution is 0.471. The van der Waals surface area contributed by atoms with Crippen LogP contribution in [0.25, 0.3) is 0 Å². The molecule has 4 nitrogen and oxygen atoms in total. The molecule has 2 saturated carbocycles. The summed E-state index contributed by atoms with van der Waals surface area (Å²) in [7, 11) is -3.64. The molecule has 0 spiro atoms. The Morgan fingerprint density at radius 3 is 2.30 bits per heavy atom. The lowest BCUT2D eigenvalue weighted by Gasteiger charge is -2.19. The van der Waals surface area contributed by atoms with Gasteiger partial charge in [0, 0.05) is 6.04 Å². The van der Waals surface area contributed by atoms with Crippen molar-refractivity contribution < 1.29 is 12.8 Å². The molecule has 1 aromatic carbocycles. The van der Waals surface area contributed by atoms with Gasteiger partial charge in [-0.25, -0.2) is 17.5 Å². The van der Waals surface area contributed by atoms with E-state index in [1.807, 2.05) is 0 Å². The fourth-order valence-corrected chi connectivity index (χ4v) is 4.32. The summed E-state index contributed by atoms with van der Waals surface area (Å²) in [6.07, 6.45) is 4.37. The van der Waals surface area contributed by atoms with E-state index in [-0.39, 0.29) is 16.6 Å². The van der Waals surface area contributed by atoms with Gasteiger partial charge < -0.3 is 5.73 Å². The van der Waals surface area contributed by atoms with Crippen molar-refractivity contribution in [1.82, 2.24) is 4.72 Å². The van der Waals surface area contributed by atoms with Crippen LogP contribution in [-0.4, -0.2) is 14.5 Å². The molecule has 1 aromatic rings. The molecular formula is C14H19FN2O2S. The number of halogens is 1. The second kappa shape index (κ2) is 4.70. The van der Waals surface area contributed by atoms with Gasteiger partial charge in [0.25, 0.3) is 0 Å². The Bertz CT molecular complexity index is 625. The molecule has 3 rings (SSSR count). The van der Waals surface area contributed by atoms with Crippen LogP contribution in [0.3, 0.4) is 0 Å². The zero-order valence-electron chi connectivity index (χ0n) is 11.4. The highest BCUT2D eigenvalue weighted by atomic mass is 32.2. The second-order valence-electron chi connectivity index (χ2n) is 5.96. The van der Waals surface area contributed by atoms with Crippen LogP contribution in [0, 0.1) is 24.6 Å². The highest BCUT2D eigenvalue weighted by Gasteiger charge is 2.43. The molecule has 110 valence electrons. The minimum atomic E-state index is -3.64. The van der Waals surface area contributed by atoms with E-state index in [1.165, 1.54) is 12.1 Å². The molecule has 0 heterocycles. The van der Waals surface area contributed by atoms with Gasteiger partial charge >= 0.3 is 0 Å². The van der Waals surface area contributed by atoms with Gasteiger partial charge in [-0.1, -0.05) is 0 Å². The van der Waals surface area contributed by atoms with Gasteiger partial charge in [-0.05, 0) is 62.1 Å². The number of nitrogen functional groups attached to an aromatic ring is 1. The SMILES string of the molecule is Cc1cc(F)c(N)cc1S(=O)(=O)NC(C1CC1)C1CC1. The summed E-state index contributed by atoms with van der Waals surface area (Å²) in [6.45, 7) is 1.58. The maximum atomic E-state index is 13.3. The monoisotopic (exact) mass is 298 g/mol. The molecule has 0 unspecified atom stereocenters. The summed E-state index contributed by atoms with van der Waals surface area (Å²) in [5.74, 6) is 0.355. The largest absolute Gasteiger partial charge is 0.396 e. The van der Waals surface area contributed by atoms with Crippen molar-refractivity contribution in [3.8, 4) is 0 Å². The number of rotatable bonds is 5. The number of nitrogens with two attached hydrogens (primary N) is 1. The van der Waals surface area contributed by atoms with Gasteiger partial charge in [-0.15, -0.1) is 0 Å². The van der Waals surface area contributed by atoms with E-state index in [9.17, 15) is 12.8 Å². The molecular weight excluding hydrogens is 279 g/mol. The Hall–Kier alpha value is -1.14. The first-order valence-corrected chi connectivity index (χ1v) is 8.45. The Morgan fingerprint density at radius 1 is 1.25 bits per heavy atom. The zero-order chi connectivity index (χ0) is 14.5. The summed E-state index contributed by atoms with van der Waals surface area (Å²) < 4.78 is 41.2. The van der Waals surface area contributed by atoms with Crippen molar-refractivity contribution in [3.05, 3.63) is 23.5 Å². The number of anilines is 1. The molecule has 0 amide bonds. The quantitative estimate of drug-likeness (QED) is 0.818. The normalized spacial score (nSPS) is 19.6. The average molecular weight is 298 g/mol. The van der Waals surface area contributed by atoms with Crippen molar-refractivity contribution in [3.63, 3.8) is 0 Å². The van der Waals surface area contributed by atoms with E-state index >= 15 is 0 Å². The number of aryl methyl sites for hydroxylation is 1. The topological polar surface area (TPSA) is 72.2 Å². The molecule has 2 fully saturated rings. The van der Waals surface area contributed by atoms with Crippen LogP contribution in [0.15, 0.2) is 17.0 Å². The van der Waals surface area contributed by atoms with Crippen LogP contribution in [0.5, 0.6) is 0 Å². The van der Waals surface area contributed by atoms with Crippen molar-refractivity contribution in [2.24, 2.45) is 11.8 Å². The average Bonchev–Trinajstić information content (AvgIpc) is 3.24. The van der Waals surface area contributed by atoms with Crippen molar-refractivity contribution >= 4 is 15.7 Å². The van der Waals surface area contributed by atoms with Gasteiger partial charge in [0.2, 0.25) is 10.0 Å². The number of hydrogen-bond acceptors (Lipinski definition) is 3. The van der Waals surface area contributed by atoms with Crippen LogP contribution in [-0.2, 0) is 10.0 Å². The lowest BCUT2D eigenvalue weighted by atomic mass is 10.1. The molecule has 0 aliphatic heterocycles. The van der Waals surface area contributed by atoms with E-state index in [1.54, 1.807) is 6.92 Å². The van der Waals surface area contributed by atoms with Crippen LogP contribution in [0.4, 0.5) is 10.1 Å². The number of sulfonamides is 1. The molecule has 0 atom stereocenters. The maximum Gasteiger partial charge on any atom is 0.241 e. The first kappa shape index (κ1) is 13.8. The molecule has 0 bridgehead atoms. The summed E-state index contributed by atoms with van der Waals surface area (Å²) >= 11 is 0. The fraction of sp³-hybridized carbons (Fsp3) is 0.571. The minimum absolute atomic E-state index is 0.0330. The van der Waals surface area contributed by atoms with Gasteiger partial charge in [0.15, 0.2) is 0 Å². The Kier molecular flexibility index (Phi) is 3.25. The smallest absolute Gasteiger partial charge is 0.241 e. The predicted octanol–water partition coefficient (Wildman–Crippen LogP) is 2.18. The summed E-state index contributed by atoms with van der Waals surface area (Å²) in [5.41, 5.74) is 5.74. The number of nitrogens with one attached hydrogen (secondary N) is 1. The first-order valence-electron chi connectivity index (χ1n) is 6.96. The molecule has 0 radical (unpaired) electrons. The Morgan fingerprint density at radius 2 is 1.80 bits per heavy atom. The van der Waals surface area contributed by atoms with Gasteiger partial charge in [-0.3, -0.25) is 0 Å². The highest BCUT2D eigenvalue weighted by Crippen LogP contribution is 2.45. The van der Waals surface area contributed by atoms with E-state index in [0.717, 1.165) is 25.7 Å². The van der Waals surface area contributed by atoms with Gasteiger partial charge in [0.05, 0.1) is 10.6 Å². The van der Waals surface area contributed by atoms with Crippen LogP contribution >= 0.6 is 0 Å². The molecule has 2 aliphatic rings. The molecule has 20 heavy (non-hydrogen) atoms. The molecule has 0 saturated heterocycles. The van der Waals surface area contributed by atoms with Crippen molar-refractivity contribution in [1.29, 1.82) is 0 Å². The van der Waals surface area contributed by atoms with Crippen LogP contribution in [0.2, 0.25) is 0 Å². The summed E-state index contributed by atoms with van der Waals surface area (Å²) in [4.78, 5) is 0.0858. The van der Waals surface area contributed by atoms with Gasteiger partial charge in [0.1, 0.15) is 5.82 Å². The Balaban J connectivity index is 1.89. The molecule has 3 N–H and O–H groups in total. The third kappa shape index (κ3) is 2.67. The predicted molar refractivity (Wildman–Crippen MR) is 75.1 cm³/mol. The molecule has 0 aromatic heterocycles.